The maximum atomic E-state index is 12.3. The molecule has 1 saturated carbocycles. The maximum absolute atomic E-state index is 12.3. The molecule has 3 rings (SSSR count). The molecule has 1 N–H and O–H groups in total. The molecule has 144 valence electrons. The molecule has 8 nitrogen and oxygen atoms in total. The van der Waals surface area contributed by atoms with Gasteiger partial charge >= 0.3 is 0 Å². The molecule has 26 heavy (non-hydrogen) atoms. The zero-order valence-electron chi connectivity index (χ0n) is 15.2. The number of hydrogen-bond acceptors (Lipinski definition) is 6. The van der Waals surface area contributed by atoms with Gasteiger partial charge < -0.3 is 14.7 Å². The highest BCUT2D eigenvalue weighted by Gasteiger charge is 2.30. The van der Waals surface area contributed by atoms with Crippen molar-refractivity contribution in [3.8, 4) is 0 Å². The molecular weight excluding hydrogens is 356 g/mol. The van der Waals surface area contributed by atoms with Gasteiger partial charge in [0.25, 0.3) is 5.91 Å². The zero-order valence-corrected chi connectivity index (χ0v) is 16.0. The van der Waals surface area contributed by atoms with Crippen LogP contribution in [-0.4, -0.2) is 68.5 Å². The lowest BCUT2D eigenvalue weighted by molar-refractivity contribution is 0.0914. The van der Waals surface area contributed by atoms with E-state index in [1.165, 1.54) is 9.71 Å². The van der Waals surface area contributed by atoms with Crippen LogP contribution in [-0.2, 0) is 10.0 Å². The molecule has 2 aliphatic rings. The Hall–Kier alpha value is -1.71. The summed E-state index contributed by atoms with van der Waals surface area (Å²) < 4.78 is 31.3. The van der Waals surface area contributed by atoms with Crippen LogP contribution >= 0.6 is 0 Å². The van der Waals surface area contributed by atoms with Crippen molar-refractivity contribution in [2.75, 3.05) is 33.7 Å². The minimum absolute atomic E-state index is 0.0548. The average molecular weight is 382 g/mol. The van der Waals surface area contributed by atoms with Crippen LogP contribution in [0.3, 0.4) is 0 Å². The van der Waals surface area contributed by atoms with E-state index in [4.69, 9.17) is 4.52 Å². The van der Waals surface area contributed by atoms with Crippen LogP contribution in [0.1, 0.15) is 47.8 Å². The number of nitrogens with zero attached hydrogens (tertiary/aromatic N) is 3. The Kier molecular flexibility index (Phi) is 5.79. The Morgan fingerprint density at radius 2 is 2.04 bits per heavy atom. The Morgan fingerprint density at radius 1 is 1.35 bits per heavy atom. The standard InChI is InChI=1S/C17H26N4O4S/c1-20(2)8-3-11-26(23,24)21-9-6-14(7-10-21)18-17(22)15-12-16(25-19-15)13-4-5-13/h3,11-14H,4-10H2,1-2H3,(H,18,22)/b11-3+. The third-order valence-corrected chi connectivity index (χ3v) is 6.25. The first-order valence-electron chi connectivity index (χ1n) is 8.94. The van der Waals surface area contributed by atoms with Crippen molar-refractivity contribution in [3.05, 3.63) is 29.0 Å². The minimum atomic E-state index is -3.40. The van der Waals surface area contributed by atoms with Gasteiger partial charge in [-0.1, -0.05) is 11.2 Å². The van der Waals surface area contributed by atoms with Crippen molar-refractivity contribution in [1.82, 2.24) is 19.7 Å². The summed E-state index contributed by atoms with van der Waals surface area (Å²) in [6.45, 7) is 1.36. The molecule has 0 unspecified atom stereocenters. The van der Waals surface area contributed by atoms with Gasteiger partial charge in [-0.05, 0) is 39.8 Å². The number of amides is 1. The minimum Gasteiger partial charge on any atom is -0.360 e. The Bertz CT molecular complexity index is 759. The predicted octanol–water partition coefficient (Wildman–Crippen LogP) is 1.15. The summed E-state index contributed by atoms with van der Waals surface area (Å²) >= 11 is 0. The number of carbonyl (C=O) groups is 1. The lowest BCUT2D eigenvalue weighted by Gasteiger charge is -2.30. The predicted molar refractivity (Wildman–Crippen MR) is 97.2 cm³/mol. The van der Waals surface area contributed by atoms with Crippen molar-refractivity contribution < 1.29 is 17.7 Å². The molecule has 2 heterocycles. The number of sulfonamides is 1. The summed E-state index contributed by atoms with van der Waals surface area (Å²) in [7, 11) is 0.369. The first kappa shape index (κ1) is 19.1. The van der Waals surface area contributed by atoms with Crippen molar-refractivity contribution in [3.63, 3.8) is 0 Å². The van der Waals surface area contributed by atoms with Crippen LogP contribution in [0.15, 0.2) is 22.1 Å². The van der Waals surface area contributed by atoms with Crippen molar-refractivity contribution >= 4 is 15.9 Å². The maximum Gasteiger partial charge on any atom is 0.273 e. The van der Waals surface area contributed by atoms with Gasteiger partial charge in [-0.3, -0.25) is 4.79 Å². The first-order valence-corrected chi connectivity index (χ1v) is 10.4. The number of piperidine rings is 1. The molecule has 1 aliphatic heterocycles. The molecule has 0 atom stereocenters. The molecule has 1 amide bonds. The van der Waals surface area contributed by atoms with E-state index in [9.17, 15) is 13.2 Å². The van der Waals surface area contributed by atoms with Gasteiger partial charge in [0, 0.05) is 43.1 Å². The fourth-order valence-electron chi connectivity index (χ4n) is 2.93. The Balaban J connectivity index is 1.48. The average Bonchev–Trinajstić information content (AvgIpc) is 3.31. The number of nitrogens with one attached hydrogen (secondary N) is 1. The van der Waals surface area contributed by atoms with Crippen molar-refractivity contribution in [2.45, 2.75) is 37.6 Å². The molecule has 0 aromatic carbocycles. The normalized spacial score (nSPS) is 20.1. The van der Waals surface area contributed by atoms with Crippen molar-refractivity contribution in [1.29, 1.82) is 0 Å². The van der Waals surface area contributed by atoms with E-state index in [1.54, 1.807) is 12.1 Å². The molecule has 0 radical (unpaired) electrons. The van der Waals surface area contributed by atoms with E-state index in [0.29, 0.717) is 44.1 Å². The lowest BCUT2D eigenvalue weighted by Crippen LogP contribution is -2.46. The summed E-state index contributed by atoms with van der Waals surface area (Å²) in [5.74, 6) is 0.937. The second kappa shape index (κ2) is 7.89. The van der Waals surface area contributed by atoms with Gasteiger partial charge in [-0.25, -0.2) is 8.42 Å². The lowest BCUT2D eigenvalue weighted by atomic mass is 10.1. The molecule has 2 fully saturated rings. The largest absolute Gasteiger partial charge is 0.360 e. The number of likely N-dealkylation sites (N-methyl/N-ethyl adjacent to an activating group) is 1. The molecule has 0 spiro atoms. The quantitative estimate of drug-likeness (QED) is 0.760. The van der Waals surface area contributed by atoms with E-state index in [2.05, 4.69) is 10.5 Å². The zero-order chi connectivity index (χ0) is 18.7. The molecule has 1 aromatic heterocycles. The molecular formula is C17H26N4O4S. The SMILES string of the molecule is CN(C)C/C=C/S(=O)(=O)N1CCC(NC(=O)c2cc(C3CC3)on2)CC1. The second-order valence-electron chi connectivity index (χ2n) is 7.21. The first-order chi connectivity index (χ1) is 12.3. The summed E-state index contributed by atoms with van der Waals surface area (Å²) in [4.78, 5) is 14.2. The van der Waals surface area contributed by atoms with Crippen LogP contribution < -0.4 is 5.32 Å². The van der Waals surface area contributed by atoms with E-state index in [1.807, 2.05) is 19.0 Å². The van der Waals surface area contributed by atoms with E-state index < -0.39 is 10.0 Å². The van der Waals surface area contributed by atoms with Gasteiger partial charge in [-0.15, -0.1) is 0 Å². The van der Waals surface area contributed by atoms with Gasteiger partial charge in [0.2, 0.25) is 10.0 Å². The monoisotopic (exact) mass is 382 g/mol. The second-order valence-corrected chi connectivity index (χ2v) is 9.03. The summed E-state index contributed by atoms with van der Waals surface area (Å²) in [6.07, 6.45) is 4.99. The van der Waals surface area contributed by atoms with Crippen LogP contribution in [0.2, 0.25) is 0 Å². The third-order valence-electron chi connectivity index (χ3n) is 4.63. The molecule has 9 heteroatoms. The van der Waals surface area contributed by atoms with Crippen LogP contribution in [0.4, 0.5) is 0 Å². The molecule has 1 saturated heterocycles. The molecule has 0 bridgehead atoms. The van der Waals surface area contributed by atoms with E-state index in [0.717, 1.165) is 18.6 Å². The van der Waals surface area contributed by atoms with Gasteiger partial charge in [0.1, 0.15) is 5.76 Å². The van der Waals surface area contributed by atoms with E-state index in [-0.39, 0.29) is 11.9 Å². The van der Waals surface area contributed by atoms with Gasteiger partial charge in [0.15, 0.2) is 5.69 Å². The van der Waals surface area contributed by atoms with Gasteiger partial charge in [0.05, 0.1) is 0 Å². The fourth-order valence-corrected chi connectivity index (χ4v) is 4.15. The summed E-state index contributed by atoms with van der Waals surface area (Å²) in [5, 5.41) is 8.03. The Morgan fingerprint density at radius 3 is 2.65 bits per heavy atom. The summed E-state index contributed by atoms with van der Waals surface area (Å²) in [6, 6.07) is 1.66. The highest BCUT2D eigenvalue weighted by atomic mass is 32.2. The number of hydrogen-bond donors (Lipinski definition) is 1. The third kappa shape index (κ3) is 4.93. The van der Waals surface area contributed by atoms with Crippen LogP contribution in [0.5, 0.6) is 0 Å². The number of aromatic nitrogens is 1. The highest BCUT2D eigenvalue weighted by Crippen LogP contribution is 2.40. The summed E-state index contributed by atoms with van der Waals surface area (Å²) in [5.41, 5.74) is 0.300. The highest BCUT2D eigenvalue weighted by molar-refractivity contribution is 7.92. The molecule has 1 aliphatic carbocycles. The number of carbonyl (C=O) groups excluding carboxylic acids is 1. The van der Waals surface area contributed by atoms with Crippen LogP contribution in [0.25, 0.3) is 0 Å². The molecule has 1 aromatic rings. The number of rotatable bonds is 7. The van der Waals surface area contributed by atoms with Crippen LogP contribution in [0, 0.1) is 0 Å². The Labute approximate surface area is 154 Å². The van der Waals surface area contributed by atoms with Crippen molar-refractivity contribution in [2.24, 2.45) is 0 Å². The topological polar surface area (TPSA) is 95.8 Å². The van der Waals surface area contributed by atoms with Gasteiger partial charge in [-0.2, -0.15) is 4.31 Å². The smallest absolute Gasteiger partial charge is 0.273 e. The fraction of sp³-hybridized carbons (Fsp3) is 0.647. The van der Waals surface area contributed by atoms with E-state index >= 15 is 0 Å².